The molecule has 2 rings (SSSR count). The molecule has 0 aromatic rings. The van der Waals surface area contributed by atoms with Crippen molar-refractivity contribution in [2.75, 3.05) is 32.7 Å². The summed E-state index contributed by atoms with van der Waals surface area (Å²) in [6.45, 7) is 7.25. The van der Waals surface area contributed by atoms with E-state index in [-0.39, 0.29) is 11.8 Å². The van der Waals surface area contributed by atoms with E-state index in [1.807, 2.05) is 23.6 Å². The Bertz CT molecular complexity index is 389. The molecule has 0 aromatic heterocycles. The highest BCUT2D eigenvalue weighted by molar-refractivity contribution is 5.79. The summed E-state index contributed by atoms with van der Waals surface area (Å²) in [5.41, 5.74) is -0.681. The third kappa shape index (κ3) is 3.57. The molecule has 2 heterocycles. The average molecular weight is 296 g/mol. The normalized spacial score (nSPS) is 27.9. The lowest BCUT2D eigenvalue weighted by molar-refractivity contribution is -0.151. The van der Waals surface area contributed by atoms with E-state index in [0.29, 0.717) is 26.1 Å². The van der Waals surface area contributed by atoms with E-state index in [0.717, 1.165) is 25.9 Å². The Morgan fingerprint density at radius 2 is 1.71 bits per heavy atom. The van der Waals surface area contributed by atoms with Crippen molar-refractivity contribution in [2.24, 2.45) is 11.3 Å². The van der Waals surface area contributed by atoms with Crippen LogP contribution in [0.2, 0.25) is 0 Å². The Hall–Kier alpha value is -1.10. The molecule has 0 saturated carbocycles. The lowest BCUT2D eigenvalue weighted by Crippen LogP contribution is -2.43. The first-order valence-corrected chi connectivity index (χ1v) is 8.19. The summed E-state index contributed by atoms with van der Waals surface area (Å²) >= 11 is 0. The molecule has 5 heteroatoms. The number of aliphatic carboxylic acids is 1. The summed E-state index contributed by atoms with van der Waals surface area (Å²) in [6.07, 6.45) is 5.26. The lowest BCUT2D eigenvalue weighted by Gasteiger charge is -2.29. The minimum atomic E-state index is -0.720. The van der Waals surface area contributed by atoms with Gasteiger partial charge in [-0.05, 0) is 31.7 Å². The number of amides is 1. The average Bonchev–Trinajstić information content (AvgIpc) is 2.68. The van der Waals surface area contributed by atoms with Crippen LogP contribution in [-0.4, -0.2) is 59.5 Å². The van der Waals surface area contributed by atoms with Crippen molar-refractivity contribution in [3.05, 3.63) is 0 Å². The van der Waals surface area contributed by atoms with Gasteiger partial charge in [-0.15, -0.1) is 0 Å². The molecule has 0 aliphatic carbocycles. The summed E-state index contributed by atoms with van der Waals surface area (Å²) in [6, 6.07) is 0. The smallest absolute Gasteiger partial charge is 0.311 e. The number of carbonyl (C=O) groups excluding carboxylic acids is 1. The lowest BCUT2D eigenvalue weighted by atomic mass is 9.76. The van der Waals surface area contributed by atoms with Gasteiger partial charge in [-0.25, -0.2) is 0 Å². The summed E-state index contributed by atoms with van der Waals surface area (Å²) in [5.74, 6) is -0.461. The number of carboxylic acids is 1. The van der Waals surface area contributed by atoms with Crippen molar-refractivity contribution in [2.45, 2.75) is 46.0 Å². The molecule has 0 bridgehead atoms. The van der Waals surface area contributed by atoms with Gasteiger partial charge in [-0.2, -0.15) is 0 Å². The molecule has 2 saturated heterocycles. The molecule has 21 heavy (non-hydrogen) atoms. The van der Waals surface area contributed by atoms with Gasteiger partial charge in [0.2, 0.25) is 5.91 Å². The molecule has 1 unspecified atom stereocenters. The fraction of sp³-hybridized carbons (Fsp3) is 0.875. The first kappa shape index (κ1) is 16.3. The maximum Gasteiger partial charge on any atom is 0.311 e. The van der Waals surface area contributed by atoms with Crippen LogP contribution in [0.1, 0.15) is 46.0 Å². The minimum absolute atomic E-state index is 0.0910. The third-order valence-electron chi connectivity index (χ3n) is 5.23. The minimum Gasteiger partial charge on any atom is -0.481 e. The Labute approximate surface area is 127 Å². The molecule has 120 valence electrons. The number of nitrogens with zero attached hydrogens (tertiary/aromatic N) is 2. The molecule has 1 atom stereocenters. The van der Waals surface area contributed by atoms with Gasteiger partial charge in [0.25, 0.3) is 0 Å². The zero-order chi connectivity index (χ0) is 15.5. The summed E-state index contributed by atoms with van der Waals surface area (Å²) in [4.78, 5) is 28.0. The van der Waals surface area contributed by atoms with Crippen molar-refractivity contribution >= 4 is 11.9 Å². The van der Waals surface area contributed by atoms with Crippen LogP contribution >= 0.6 is 0 Å². The first-order valence-electron chi connectivity index (χ1n) is 8.19. The van der Waals surface area contributed by atoms with Crippen LogP contribution in [0.15, 0.2) is 0 Å². The van der Waals surface area contributed by atoms with E-state index in [2.05, 4.69) is 0 Å². The number of carboxylic acid groups (broad SMARTS) is 1. The highest BCUT2D eigenvalue weighted by atomic mass is 16.4. The topological polar surface area (TPSA) is 60.9 Å². The zero-order valence-corrected chi connectivity index (χ0v) is 13.3. The van der Waals surface area contributed by atoms with E-state index in [9.17, 15) is 14.7 Å². The van der Waals surface area contributed by atoms with Gasteiger partial charge >= 0.3 is 5.97 Å². The van der Waals surface area contributed by atoms with E-state index in [1.165, 1.54) is 12.8 Å². The highest BCUT2D eigenvalue weighted by Gasteiger charge is 2.47. The monoisotopic (exact) mass is 296 g/mol. The van der Waals surface area contributed by atoms with Gasteiger partial charge < -0.3 is 10.0 Å². The van der Waals surface area contributed by atoms with Crippen LogP contribution in [-0.2, 0) is 9.59 Å². The summed E-state index contributed by atoms with van der Waals surface area (Å²) < 4.78 is 0. The molecule has 2 aliphatic heterocycles. The van der Waals surface area contributed by atoms with Crippen LogP contribution in [0.3, 0.4) is 0 Å². The van der Waals surface area contributed by atoms with Crippen LogP contribution < -0.4 is 0 Å². The van der Waals surface area contributed by atoms with Gasteiger partial charge in [-0.1, -0.05) is 26.7 Å². The Kier molecular flexibility index (Phi) is 5.25. The van der Waals surface area contributed by atoms with Crippen LogP contribution in [0.5, 0.6) is 0 Å². The molecule has 0 spiro atoms. The van der Waals surface area contributed by atoms with Gasteiger partial charge in [0.15, 0.2) is 0 Å². The zero-order valence-electron chi connectivity index (χ0n) is 13.3. The van der Waals surface area contributed by atoms with Crippen molar-refractivity contribution in [3.8, 4) is 0 Å². The molecule has 5 nitrogen and oxygen atoms in total. The number of hydrogen-bond donors (Lipinski definition) is 1. The highest BCUT2D eigenvalue weighted by Crippen LogP contribution is 2.38. The molecule has 0 radical (unpaired) electrons. The van der Waals surface area contributed by atoms with Gasteiger partial charge in [-0.3, -0.25) is 14.5 Å². The Morgan fingerprint density at radius 3 is 2.19 bits per heavy atom. The molecular formula is C16H28N2O3. The molecule has 2 aliphatic rings. The van der Waals surface area contributed by atoms with Crippen molar-refractivity contribution < 1.29 is 14.7 Å². The number of hydrogen-bond acceptors (Lipinski definition) is 3. The number of likely N-dealkylation sites (tertiary alicyclic amines) is 2. The number of rotatable bonds is 4. The predicted molar refractivity (Wildman–Crippen MR) is 81.0 cm³/mol. The molecule has 0 aromatic carbocycles. The van der Waals surface area contributed by atoms with E-state index >= 15 is 0 Å². The third-order valence-corrected chi connectivity index (χ3v) is 5.23. The summed E-state index contributed by atoms with van der Waals surface area (Å²) in [7, 11) is 0. The fourth-order valence-electron chi connectivity index (χ4n) is 3.55. The number of carbonyl (C=O) groups is 2. The van der Waals surface area contributed by atoms with E-state index in [1.54, 1.807) is 0 Å². The van der Waals surface area contributed by atoms with Crippen LogP contribution in [0.25, 0.3) is 0 Å². The Morgan fingerprint density at radius 1 is 1.10 bits per heavy atom. The standard InChI is InChI=1S/C16H28N2O3/c1-13(2)16(15(20)21)7-10-17(12-16)11-14(19)18-8-5-3-4-6-9-18/h13H,3-12H2,1-2H3,(H,20,21). The maximum absolute atomic E-state index is 12.4. The quantitative estimate of drug-likeness (QED) is 0.859. The second-order valence-corrected chi connectivity index (χ2v) is 6.87. The first-order chi connectivity index (χ1) is 9.95. The molecule has 1 N–H and O–H groups in total. The van der Waals surface area contributed by atoms with Crippen molar-refractivity contribution in [1.82, 2.24) is 9.80 Å². The Balaban J connectivity index is 1.92. The fourth-order valence-corrected chi connectivity index (χ4v) is 3.55. The molecule has 1 amide bonds. The summed E-state index contributed by atoms with van der Waals surface area (Å²) in [5, 5.41) is 9.55. The molecular weight excluding hydrogens is 268 g/mol. The van der Waals surface area contributed by atoms with Crippen molar-refractivity contribution in [1.29, 1.82) is 0 Å². The van der Waals surface area contributed by atoms with Crippen LogP contribution in [0.4, 0.5) is 0 Å². The molecule has 2 fully saturated rings. The van der Waals surface area contributed by atoms with Crippen molar-refractivity contribution in [3.63, 3.8) is 0 Å². The second kappa shape index (κ2) is 6.77. The maximum atomic E-state index is 12.4. The van der Waals surface area contributed by atoms with Gasteiger partial charge in [0, 0.05) is 19.6 Å². The van der Waals surface area contributed by atoms with E-state index < -0.39 is 11.4 Å². The largest absolute Gasteiger partial charge is 0.481 e. The van der Waals surface area contributed by atoms with Gasteiger partial charge in [0.1, 0.15) is 0 Å². The second-order valence-electron chi connectivity index (χ2n) is 6.87. The SMILES string of the molecule is CC(C)C1(C(=O)O)CCN(CC(=O)N2CCCCCC2)C1. The van der Waals surface area contributed by atoms with Crippen LogP contribution in [0, 0.1) is 11.3 Å². The predicted octanol–water partition coefficient (Wildman–Crippen LogP) is 1.82. The van der Waals surface area contributed by atoms with Gasteiger partial charge in [0.05, 0.1) is 12.0 Å². The van der Waals surface area contributed by atoms with E-state index in [4.69, 9.17) is 0 Å².